The lowest BCUT2D eigenvalue weighted by Gasteiger charge is -2.19. The highest BCUT2D eigenvalue weighted by atomic mass is 32.2. The van der Waals surface area contributed by atoms with Crippen molar-refractivity contribution in [2.45, 2.75) is 6.92 Å². The molecule has 0 amide bonds. The predicted molar refractivity (Wildman–Crippen MR) is 67.2 cm³/mol. The molecular formula is C11H18N2O2S. The first-order valence-corrected chi connectivity index (χ1v) is 6.91. The molecule has 90 valence electrons. The molecule has 5 heteroatoms. The van der Waals surface area contributed by atoms with E-state index in [-0.39, 0.29) is 5.75 Å². The Hall–Kier alpha value is -1.07. The molecular weight excluding hydrogens is 224 g/mol. The Morgan fingerprint density at radius 1 is 1.25 bits per heavy atom. The van der Waals surface area contributed by atoms with E-state index < -0.39 is 10.0 Å². The normalized spacial score (nSPS) is 11.4. The number of para-hydroxylation sites is 1. The van der Waals surface area contributed by atoms with Crippen molar-refractivity contribution in [3.05, 3.63) is 30.3 Å². The zero-order valence-electron chi connectivity index (χ0n) is 9.68. The quantitative estimate of drug-likeness (QED) is 0.759. The second kappa shape index (κ2) is 5.86. The lowest BCUT2D eigenvalue weighted by atomic mass is 10.3. The first-order valence-electron chi connectivity index (χ1n) is 5.30. The van der Waals surface area contributed by atoms with Gasteiger partial charge in [-0.2, -0.15) is 0 Å². The van der Waals surface area contributed by atoms with Crippen LogP contribution in [0, 0.1) is 0 Å². The highest BCUT2D eigenvalue weighted by molar-refractivity contribution is 7.92. The Balaban J connectivity index is 2.69. The number of sulfonamides is 1. The Kier molecular flexibility index (Phi) is 4.76. The summed E-state index contributed by atoms with van der Waals surface area (Å²) in [5.41, 5.74) is 0.694. The number of anilines is 1. The van der Waals surface area contributed by atoms with E-state index in [4.69, 9.17) is 0 Å². The number of rotatable bonds is 6. The van der Waals surface area contributed by atoms with Crippen molar-refractivity contribution in [1.29, 1.82) is 0 Å². The van der Waals surface area contributed by atoms with E-state index in [1.807, 2.05) is 25.1 Å². The second-order valence-electron chi connectivity index (χ2n) is 3.47. The highest BCUT2D eigenvalue weighted by Crippen LogP contribution is 2.14. The molecule has 0 aliphatic carbocycles. The highest BCUT2D eigenvalue weighted by Gasteiger charge is 2.17. The van der Waals surface area contributed by atoms with Gasteiger partial charge in [0.05, 0.1) is 11.4 Å². The standard InChI is InChI=1S/C11H18N2O2S/c1-3-12-9-10-16(14,15)13(2)11-7-5-4-6-8-11/h4-8,12H,3,9-10H2,1-2H3. The summed E-state index contributed by atoms with van der Waals surface area (Å²) in [6.45, 7) is 3.22. The van der Waals surface area contributed by atoms with Crippen LogP contribution < -0.4 is 9.62 Å². The van der Waals surface area contributed by atoms with E-state index in [0.717, 1.165) is 6.54 Å². The van der Waals surface area contributed by atoms with Crippen LogP contribution in [0.4, 0.5) is 5.69 Å². The number of nitrogens with zero attached hydrogens (tertiary/aromatic N) is 1. The zero-order valence-corrected chi connectivity index (χ0v) is 10.5. The lowest BCUT2D eigenvalue weighted by Crippen LogP contribution is -2.33. The number of benzene rings is 1. The molecule has 1 aromatic rings. The van der Waals surface area contributed by atoms with Gasteiger partial charge in [-0.25, -0.2) is 8.42 Å². The molecule has 0 fully saturated rings. The SMILES string of the molecule is CCNCCS(=O)(=O)N(C)c1ccccc1. The van der Waals surface area contributed by atoms with E-state index in [1.165, 1.54) is 4.31 Å². The van der Waals surface area contributed by atoms with Crippen LogP contribution in [0.1, 0.15) is 6.92 Å². The van der Waals surface area contributed by atoms with Gasteiger partial charge in [0.2, 0.25) is 10.0 Å². The van der Waals surface area contributed by atoms with Crippen molar-refractivity contribution >= 4 is 15.7 Å². The summed E-state index contributed by atoms with van der Waals surface area (Å²) >= 11 is 0. The van der Waals surface area contributed by atoms with Crippen LogP contribution in [0.2, 0.25) is 0 Å². The minimum absolute atomic E-state index is 0.117. The summed E-state index contributed by atoms with van der Waals surface area (Å²) in [5.74, 6) is 0.117. The molecule has 1 aromatic carbocycles. The Morgan fingerprint density at radius 3 is 2.44 bits per heavy atom. The smallest absolute Gasteiger partial charge is 0.236 e. The monoisotopic (exact) mass is 242 g/mol. The predicted octanol–water partition coefficient (Wildman–Crippen LogP) is 1.06. The molecule has 0 radical (unpaired) electrons. The van der Waals surface area contributed by atoms with Crippen LogP contribution in [-0.2, 0) is 10.0 Å². The van der Waals surface area contributed by atoms with Crippen LogP contribution in [-0.4, -0.2) is 34.3 Å². The summed E-state index contributed by atoms with van der Waals surface area (Å²) in [5, 5.41) is 3.00. The van der Waals surface area contributed by atoms with Crippen LogP contribution >= 0.6 is 0 Å². The third-order valence-electron chi connectivity index (χ3n) is 2.32. The Morgan fingerprint density at radius 2 is 1.88 bits per heavy atom. The average Bonchev–Trinajstić information content (AvgIpc) is 2.29. The Bertz CT molecular complexity index is 403. The molecule has 0 unspecified atom stereocenters. The number of hydrogen-bond donors (Lipinski definition) is 1. The van der Waals surface area contributed by atoms with Gasteiger partial charge < -0.3 is 5.32 Å². The molecule has 4 nitrogen and oxygen atoms in total. The summed E-state index contributed by atoms with van der Waals surface area (Å²) < 4.78 is 25.1. The zero-order chi connectivity index (χ0) is 12.0. The molecule has 0 heterocycles. The van der Waals surface area contributed by atoms with Gasteiger partial charge in [0.25, 0.3) is 0 Å². The van der Waals surface area contributed by atoms with E-state index in [1.54, 1.807) is 19.2 Å². The fourth-order valence-electron chi connectivity index (χ4n) is 1.31. The molecule has 1 N–H and O–H groups in total. The maximum absolute atomic E-state index is 11.9. The summed E-state index contributed by atoms with van der Waals surface area (Å²) in [6.07, 6.45) is 0. The van der Waals surface area contributed by atoms with Crippen molar-refractivity contribution in [2.75, 3.05) is 30.2 Å². The molecule has 0 aliphatic rings. The topological polar surface area (TPSA) is 49.4 Å². The van der Waals surface area contributed by atoms with Gasteiger partial charge >= 0.3 is 0 Å². The fraction of sp³-hybridized carbons (Fsp3) is 0.455. The minimum atomic E-state index is -3.21. The van der Waals surface area contributed by atoms with Gasteiger partial charge in [0, 0.05) is 13.6 Å². The van der Waals surface area contributed by atoms with E-state index in [2.05, 4.69) is 5.32 Å². The molecule has 0 aliphatic heterocycles. The third kappa shape index (κ3) is 3.50. The second-order valence-corrected chi connectivity index (χ2v) is 5.59. The van der Waals surface area contributed by atoms with Crippen LogP contribution in [0.15, 0.2) is 30.3 Å². The van der Waals surface area contributed by atoms with Gasteiger partial charge in [0.1, 0.15) is 0 Å². The molecule has 0 aromatic heterocycles. The summed E-state index contributed by atoms with van der Waals surface area (Å²) in [6, 6.07) is 9.08. The van der Waals surface area contributed by atoms with Crippen molar-refractivity contribution in [2.24, 2.45) is 0 Å². The van der Waals surface area contributed by atoms with Crippen LogP contribution in [0.25, 0.3) is 0 Å². The maximum atomic E-state index is 11.9. The van der Waals surface area contributed by atoms with Crippen molar-refractivity contribution in [3.8, 4) is 0 Å². The van der Waals surface area contributed by atoms with Crippen molar-refractivity contribution in [3.63, 3.8) is 0 Å². The molecule has 0 spiro atoms. The third-order valence-corrected chi connectivity index (χ3v) is 4.09. The largest absolute Gasteiger partial charge is 0.316 e. The van der Waals surface area contributed by atoms with E-state index in [9.17, 15) is 8.42 Å². The average molecular weight is 242 g/mol. The molecule has 16 heavy (non-hydrogen) atoms. The van der Waals surface area contributed by atoms with Gasteiger partial charge in [-0.3, -0.25) is 4.31 Å². The summed E-state index contributed by atoms with van der Waals surface area (Å²) in [7, 11) is -1.63. The molecule has 0 saturated carbocycles. The first-order chi connectivity index (χ1) is 7.58. The van der Waals surface area contributed by atoms with E-state index >= 15 is 0 Å². The van der Waals surface area contributed by atoms with Gasteiger partial charge in [-0.05, 0) is 18.7 Å². The first kappa shape index (κ1) is 13.0. The molecule has 0 saturated heterocycles. The summed E-state index contributed by atoms with van der Waals surface area (Å²) in [4.78, 5) is 0. The number of hydrogen-bond acceptors (Lipinski definition) is 3. The van der Waals surface area contributed by atoms with Crippen LogP contribution in [0.3, 0.4) is 0 Å². The number of nitrogens with one attached hydrogen (secondary N) is 1. The van der Waals surface area contributed by atoms with Crippen LogP contribution in [0.5, 0.6) is 0 Å². The Labute approximate surface area is 97.3 Å². The fourth-order valence-corrected chi connectivity index (χ4v) is 2.43. The molecule has 0 atom stereocenters. The van der Waals surface area contributed by atoms with E-state index in [0.29, 0.717) is 12.2 Å². The van der Waals surface area contributed by atoms with Gasteiger partial charge in [0.15, 0.2) is 0 Å². The minimum Gasteiger partial charge on any atom is -0.316 e. The molecule has 0 bridgehead atoms. The van der Waals surface area contributed by atoms with Gasteiger partial charge in [-0.1, -0.05) is 25.1 Å². The van der Waals surface area contributed by atoms with Crippen molar-refractivity contribution in [1.82, 2.24) is 5.32 Å². The van der Waals surface area contributed by atoms with Crippen molar-refractivity contribution < 1.29 is 8.42 Å². The molecule has 1 rings (SSSR count). The maximum Gasteiger partial charge on any atom is 0.236 e. The van der Waals surface area contributed by atoms with Gasteiger partial charge in [-0.15, -0.1) is 0 Å². The lowest BCUT2D eigenvalue weighted by molar-refractivity contribution is 0.590.